The predicted octanol–water partition coefficient (Wildman–Crippen LogP) is 2.97. The summed E-state index contributed by atoms with van der Waals surface area (Å²) < 4.78 is 0. The summed E-state index contributed by atoms with van der Waals surface area (Å²) in [7, 11) is 0. The van der Waals surface area contributed by atoms with Crippen molar-refractivity contribution in [3.63, 3.8) is 0 Å². The molecule has 1 N–H and O–H groups in total. The van der Waals surface area contributed by atoms with Crippen molar-refractivity contribution in [1.29, 1.82) is 5.26 Å². The molecule has 4 atom stereocenters. The first-order chi connectivity index (χ1) is 14.6. The summed E-state index contributed by atoms with van der Waals surface area (Å²) in [5, 5.41) is 9.07. The highest BCUT2D eigenvalue weighted by Crippen LogP contribution is 2.42. The monoisotopic (exact) mass is 402 g/mol. The number of aromatic nitrogens is 1. The van der Waals surface area contributed by atoms with Gasteiger partial charge in [-0.1, -0.05) is 30.3 Å². The number of nitrogens with one attached hydrogen (secondary N) is 1. The molecule has 6 heteroatoms. The number of amides is 2. The van der Waals surface area contributed by atoms with Gasteiger partial charge in [0.1, 0.15) is 11.8 Å². The Bertz CT molecular complexity index is 992. The lowest BCUT2D eigenvalue weighted by Crippen LogP contribution is -2.66. The molecule has 0 radical (unpaired) electrons. The molecule has 1 aromatic heterocycles. The van der Waals surface area contributed by atoms with Crippen LogP contribution in [0, 0.1) is 23.2 Å². The number of hydrogen-bond donors (Lipinski definition) is 1. The van der Waals surface area contributed by atoms with Crippen LogP contribution < -0.4 is 0 Å². The molecule has 0 spiro atoms. The maximum absolute atomic E-state index is 13.2. The highest BCUT2D eigenvalue weighted by molar-refractivity contribution is 5.93. The minimum atomic E-state index is -0.0414. The summed E-state index contributed by atoms with van der Waals surface area (Å²) in [5.41, 5.74) is 2.19. The van der Waals surface area contributed by atoms with E-state index in [4.69, 9.17) is 5.26 Å². The van der Waals surface area contributed by atoms with E-state index >= 15 is 0 Å². The van der Waals surface area contributed by atoms with Crippen LogP contribution in [-0.4, -0.2) is 51.8 Å². The van der Waals surface area contributed by atoms with E-state index in [-0.39, 0.29) is 29.8 Å². The number of likely N-dealkylation sites (tertiary alicyclic amines) is 1. The van der Waals surface area contributed by atoms with Gasteiger partial charge in [-0.25, -0.2) is 0 Å². The van der Waals surface area contributed by atoms with Gasteiger partial charge < -0.3 is 14.8 Å². The van der Waals surface area contributed by atoms with Crippen LogP contribution in [-0.2, 0) is 11.2 Å². The first kappa shape index (κ1) is 18.9. The number of piperidine rings is 3. The minimum absolute atomic E-state index is 0.0414. The van der Waals surface area contributed by atoms with Crippen LogP contribution in [0.15, 0.2) is 42.6 Å². The topological polar surface area (TPSA) is 80.2 Å². The van der Waals surface area contributed by atoms with Crippen molar-refractivity contribution in [3.05, 3.63) is 59.4 Å². The number of carbonyl (C=O) groups is 2. The number of H-pyrrole nitrogens is 1. The zero-order valence-electron chi connectivity index (χ0n) is 17.0. The van der Waals surface area contributed by atoms with E-state index in [1.165, 1.54) is 5.56 Å². The molecule has 1 aromatic carbocycles. The molecule has 2 amide bonds. The Labute approximate surface area is 176 Å². The summed E-state index contributed by atoms with van der Waals surface area (Å²) in [6, 6.07) is 14.4. The second-order valence-corrected chi connectivity index (χ2v) is 8.90. The number of rotatable bonds is 3. The molecule has 3 aliphatic heterocycles. The fourth-order valence-electron chi connectivity index (χ4n) is 5.81. The molecule has 6 nitrogen and oxygen atoms in total. The van der Waals surface area contributed by atoms with E-state index in [0.29, 0.717) is 36.7 Å². The van der Waals surface area contributed by atoms with Gasteiger partial charge in [-0.05, 0) is 49.1 Å². The van der Waals surface area contributed by atoms with Gasteiger partial charge in [-0.15, -0.1) is 0 Å². The average molecular weight is 402 g/mol. The van der Waals surface area contributed by atoms with Gasteiger partial charge in [0.2, 0.25) is 5.91 Å². The normalized spacial score (nSPS) is 28.0. The van der Waals surface area contributed by atoms with Crippen LogP contribution in [0.5, 0.6) is 0 Å². The van der Waals surface area contributed by atoms with E-state index in [2.05, 4.69) is 28.1 Å². The number of nitrogens with zero attached hydrogens (tertiary/aromatic N) is 3. The average Bonchev–Trinajstić information content (AvgIpc) is 3.26. The van der Waals surface area contributed by atoms with Crippen molar-refractivity contribution in [2.45, 2.75) is 44.2 Å². The Morgan fingerprint density at radius 2 is 2.00 bits per heavy atom. The third-order valence-corrected chi connectivity index (χ3v) is 7.11. The van der Waals surface area contributed by atoms with E-state index < -0.39 is 0 Å². The number of fused-ring (bicyclic) bond motifs is 4. The largest absolute Gasteiger partial charge is 0.356 e. The molecule has 3 saturated heterocycles. The molecule has 3 fully saturated rings. The van der Waals surface area contributed by atoms with Crippen molar-refractivity contribution >= 4 is 11.8 Å². The van der Waals surface area contributed by atoms with Crippen molar-refractivity contribution in [3.8, 4) is 6.07 Å². The molecular formula is C24H26N4O2. The van der Waals surface area contributed by atoms with Crippen LogP contribution in [0.2, 0.25) is 0 Å². The molecular weight excluding hydrogens is 376 g/mol. The fourth-order valence-corrected chi connectivity index (χ4v) is 5.81. The molecule has 3 aliphatic rings. The van der Waals surface area contributed by atoms with E-state index in [1.54, 1.807) is 12.3 Å². The smallest absolute Gasteiger partial charge is 0.270 e. The highest BCUT2D eigenvalue weighted by Gasteiger charge is 2.50. The second kappa shape index (κ2) is 7.64. The third kappa shape index (κ3) is 3.28. The van der Waals surface area contributed by atoms with Gasteiger partial charge in [0, 0.05) is 37.8 Å². The summed E-state index contributed by atoms with van der Waals surface area (Å²) in [6.07, 6.45) is 6.10. The first-order valence-corrected chi connectivity index (χ1v) is 10.9. The van der Waals surface area contributed by atoms with E-state index in [9.17, 15) is 9.59 Å². The minimum Gasteiger partial charge on any atom is -0.356 e. The van der Waals surface area contributed by atoms with E-state index in [0.717, 1.165) is 25.7 Å². The third-order valence-electron chi connectivity index (χ3n) is 7.11. The summed E-state index contributed by atoms with van der Waals surface area (Å²) >= 11 is 0. The number of nitriles is 1. The molecule has 30 heavy (non-hydrogen) atoms. The second-order valence-electron chi connectivity index (χ2n) is 8.90. The van der Waals surface area contributed by atoms with Crippen molar-refractivity contribution in [2.24, 2.45) is 11.8 Å². The van der Waals surface area contributed by atoms with Crippen LogP contribution in [0.3, 0.4) is 0 Å². The van der Waals surface area contributed by atoms with Crippen molar-refractivity contribution < 1.29 is 9.59 Å². The number of aromatic amines is 1. The van der Waals surface area contributed by atoms with Crippen LogP contribution in [0.1, 0.15) is 47.3 Å². The van der Waals surface area contributed by atoms with Crippen LogP contribution >= 0.6 is 0 Å². The Hall–Kier alpha value is -3.07. The first-order valence-electron chi connectivity index (χ1n) is 10.9. The quantitative estimate of drug-likeness (QED) is 0.857. The lowest BCUT2D eigenvalue weighted by atomic mass is 9.70. The van der Waals surface area contributed by atoms with Gasteiger partial charge in [0.15, 0.2) is 0 Å². The van der Waals surface area contributed by atoms with E-state index in [1.807, 2.05) is 23.1 Å². The van der Waals surface area contributed by atoms with Crippen LogP contribution in [0.25, 0.3) is 0 Å². The lowest BCUT2D eigenvalue weighted by molar-refractivity contribution is -0.151. The molecule has 2 aromatic rings. The van der Waals surface area contributed by atoms with Gasteiger partial charge >= 0.3 is 0 Å². The zero-order valence-corrected chi connectivity index (χ0v) is 17.0. The Kier molecular flexibility index (Phi) is 4.82. The van der Waals surface area contributed by atoms with Gasteiger partial charge in [-0.3, -0.25) is 9.59 Å². The maximum Gasteiger partial charge on any atom is 0.270 e. The van der Waals surface area contributed by atoms with Gasteiger partial charge in [0.05, 0.1) is 5.56 Å². The van der Waals surface area contributed by atoms with Crippen molar-refractivity contribution in [1.82, 2.24) is 14.8 Å². The molecule has 154 valence electrons. The predicted molar refractivity (Wildman–Crippen MR) is 111 cm³/mol. The Morgan fingerprint density at radius 3 is 2.77 bits per heavy atom. The summed E-state index contributed by atoms with van der Waals surface area (Å²) in [5.74, 6) is 0.843. The zero-order chi connectivity index (χ0) is 20.7. The highest BCUT2D eigenvalue weighted by atomic mass is 16.2. The lowest BCUT2D eigenvalue weighted by Gasteiger charge is -2.56. The van der Waals surface area contributed by atoms with Gasteiger partial charge in [0.25, 0.3) is 5.91 Å². The molecule has 4 heterocycles. The fraction of sp³-hybridized carbons (Fsp3) is 0.458. The SMILES string of the molecule is N#Cc1c[nH]c(C(=O)N2C[C@H]3C[C@@H](C2)[C@H](Cc2ccccc2)N2C(=O)CCC[C@@H]32)c1. The molecule has 2 bridgehead atoms. The summed E-state index contributed by atoms with van der Waals surface area (Å²) in [4.78, 5) is 33.2. The van der Waals surface area contributed by atoms with Crippen LogP contribution in [0.4, 0.5) is 0 Å². The Morgan fingerprint density at radius 1 is 1.20 bits per heavy atom. The molecule has 5 rings (SSSR count). The Balaban J connectivity index is 1.43. The molecule has 0 saturated carbocycles. The van der Waals surface area contributed by atoms with Gasteiger partial charge in [-0.2, -0.15) is 5.26 Å². The molecule has 0 aliphatic carbocycles. The maximum atomic E-state index is 13.2. The number of carbonyl (C=O) groups excluding carboxylic acids is 2. The molecule has 0 unspecified atom stereocenters. The number of hydrogen-bond acceptors (Lipinski definition) is 3. The summed E-state index contributed by atoms with van der Waals surface area (Å²) in [6.45, 7) is 1.34. The number of benzene rings is 1. The van der Waals surface area contributed by atoms with Crippen molar-refractivity contribution in [2.75, 3.05) is 13.1 Å². The standard InChI is InChI=1S/C24H26N4O2/c25-12-17-9-20(26-13-17)24(30)27-14-18-11-19(15-27)22(10-16-5-2-1-3-6-16)28-21(18)7-4-8-23(28)29/h1-3,5-6,9,13,18-19,21-22,26H,4,7-8,10-11,14-15H2/t18-,19+,21+,22+/m1/s1.